The summed E-state index contributed by atoms with van der Waals surface area (Å²) in [7, 11) is 1.56. The van der Waals surface area contributed by atoms with Gasteiger partial charge in [0.05, 0.1) is 12.8 Å². The monoisotopic (exact) mass is 332 g/mol. The summed E-state index contributed by atoms with van der Waals surface area (Å²) in [4.78, 5) is 28.5. The zero-order chi connectivity index (χ0) is 16.8. The highest BCUT2D eigenvalue weighted by molar-refractivity contribution is 7.17. The molecule has 1 aromatic heterocycles. The molecular formula is C16H16N2O4S. The van der Waals surface area contributed by atoms with Crippen molar-refractivity contribution in [3.8, 4) is 5.75 Å². The van der Waals surface area contributed by atoms with Crippen LogP contribution in [0.15, 0.2) is 36.9 Å². The summed E-state index contributed by atoms with van der Waals surface area (Å²) in [5.74, 6) is -0.129. The number of benzene rings is 1. The van der Waals surface area contributed by atoms with Crippen LogP contribution in [-0.4, -0.2) is 30.6 Å². The first kappa shape index (κ1) is 16.7. The summed E-state index contributed by atoms with van der Waals surface area (Å²) in [5, 5.41) is 3.01. The zero-order valence-electron chi connectivity index (χ0n) is 12.8. The van der Waals surface area contributed by atoms with Crippen molar-refractivity contribution in [1.29, 1.82) is 0 Å². The highest BCUT2D eigenvalue weighted by Gasteiger charge is 2.18. The molecule has 7 heteroatoms. The lowest BCUT2D eigenvalue weighted by Gasteiger charge is -2.03. The molecule has 0 aliphatic heterocycles. The van der Waals surface area contributed by atoms with Crippen molar-refractivity contribution in [1.82, 2.24) is 4.98 Å². The number of nitrogens with zero attached hydrogens (tertiary/aromatic N) is 1. The largest absolute Gasteiger partial charge is 0.497 e. The minimum atomic E-state index is -0.482. The number of carbonyl (C=O) groups excluding carboxylic acids is 2. The van der Waals surface area contributed by atoms with E-state index in [-0.39, 0.29) is 12.5 Å². The van der Waals surface area contributed by atoms with Gasteiger partial charge in [-0.2, -0.15) is 0 Å². The van der Waals surface area contributed by atoms with E-state index in [1.807, 2.05) is 0 Å². The molecule has 0 atom stereocenters. The van der Waals surface area contributed by atoms with Crippen LogP contribution in [0, 0.1) is 6.92 Å². The molecule has 120 valence electrons. The van der Waals surface area contributed by atoms with Crippen LogP contribution in [0.2, 0.25) is 0 Å². The third-order valence-electron chi connectivity index (χ3n) is 2.89. The van der Waals surface area contributed by atoms with Crippen LogP contribution in [0.5, 0.6) is 5.75 Å². The van der Waals surface area contributed by atoms with Crippen molar-refractivity contribution < 1.29 is 19.1 Å². The topological polar surface area (TPSA) is 77.5 Å². The van der Waals surface area contributed by atoms with E-state index < -0.39 is 5.97 Å². The molecule has 2 rings (SSSR count). The van der Waals surface area contributed by atoms with Gasteiger partial charge in [-0.3, -0.25) is 10.1 Å². The van der Waals surface area contributed by atoms with Gasteiger partial charge in [0, 0.05) is 5.56 Å². The molecule has 0 aliphatic rings. The van der Waals surface area contributed by atoms with Crippen LogP contribution in [0.4, 0.5) is 5.13 Å². The second kappa shape index (κ2) is 7.55. The molecule has 2 aromatic rings. The Bertz CT molecular complexity index is 722. The van der Waals surface area contributed by atoms with Crippen LogP contribution < -0.4 is 10.1 Å². The Morgan fingerprint density at radius 1 is 1.35 bits per heavy atom. The average Bonchev–Trinajstić information content (AvgIpc) is 2.93. The molecule has 0 saturated heterocycles. The number of amides is 1. The van der Waals surface area contributed by atoms with Crippen molar-refractivity contribution in [2.75, 3.05) is 19.0 Å². The molecule has 0 unspecified atom stereocenters. The number of aryl methyl sites for hydroxylation is 1. The summed E-state index contributed by atoms with van der Waals surface area (Å²) in [6, 6.07) is 6.68. The molecular weight excluding hydrogens is 316 g/mol. The fourth-order valence-electron chi connectivity index (χ4n) is 1.75. The fraction of sp³-hybridized carbons (Fsp3) is 0.188. The van der Waals surface area contributed by atoms with Gasteiger partial charge >= 0.3 is 5.97 Å². The highest BCUT2D eigenvalue weighted by atomic mass is 32.1. The molecule has 0 fully saturated rings. The van der Waals surface area contributed by atoms with Crippen molar-refractivity contribution in [2.24, 2.45) is 0 Å². The number of carbonyl (C=O) groups is 2. The number of rotatable bonds is 6. The molecule has 0 aliphatic carbocycles. The van der Waals surface area contributed by atoms with Gasteiger partial charge in [-0.15, -0.1) is 0 Å². The van der Waals surface area contributed by atoms with Crippen LogP contribution in [0.25, 0.3) is 0 Å². The number of nitrogens with one attached hydrogen (secondary N) is 1. The highest BCUT2D eigenvalue weighted by Crippen LogP contribution is 2.24. The number of methoxy groups -OCH3 is 1. The Morgan fingerprint density at radius 2 is 2.04 bits per heavy atom. The van der Waals surface area contributed by atoms with Gasteiger partial charge in [-0.1, -0.05) is 24.0 Å². The first-order valence-corrected chi connectivity index (χ1v) is 7.57. The number of ether oxygens (including phenoxy) is 2. The van der Waals surface area contributed by atoms with Crippen LogP contribution in [0.3, 0.4) is 0 Å². The number of hydrogen-bond donors (Lipinski definition) is 1. The van der Waals surface area contributed by atoms with Crippen molar-refractivity contribution in [3.05, 3.63) is 53.1 Å². The van der Waals surface area contributed by atoms with Gasteiger partial charge in [-0.25, -0.2) is 9.78 Å². The summed E-state index contributed by atoms with van der Waals surface area (Å²) < 4.78 is 10.0. The molecule has 0 saturated carbocycles. The van der Waals surface area contributed by atoms with Gasteiger partial charge in [0.25, 0.3) is 5.91 Å². The Balaban J connectivity index is 2.09. The lowest BCUT2D eigenvalue weighted by atomic mass is 10.2. The zero-order valence-corrected chi connectivity index (χ0v) is 13.6. The third kappa shape index (κ3) is 4.17. The molecule has 0 radical (unpaired) electrons. The van der Waals surface area contributed by atoms with Crippen molar-refractivity contribution in [3.63, 3.8) is 0 Å². The Hall–Kier alpha value is -2.67. The number of aromatic nitrogens is 1. The second-order valence-corrected chi connectivity index (χ2v) is 5.50. The summed E-state index contributed by atoms with van der Waals surface area (Å²) in [5.41, 5.74) is 0.975. The van der Waals surface area contributed by atoms with Gasteiger partial charge in [-0.05, 0) is 31.2 Å². The summed E-state index contributed by atoms with van der Waals surface area (Å²) >= 11 is 1.07. The van der Waals surface area contributed by atoms with E-state index in [2.05, 4.69) is 16.9 Å². The summed E-state index contributed by atoms with van der Waals surface area (Å²) in [6.07, 6.45) is 1.49. The van der Waals surface area contributed by atoms with Gasteiger partial charge in [0.15, 0.2) is 5.13 Å². The maximum atomic E-state index is 12.2. The van der Waals surface area contributed by atoms with E-state index in [1.54, 1.807) is 38.3 Å². The Kier molecular flexibility index (Phi) is 5.48. The van der Waals surface area contributed by atoms with Crippen LogP contribution in [-0.2, 0) is 4.74 Å². The maximum absolute atomic E-state index is 12.2. The first-order valence-electron chi connectivity index (χ1n) is 6.76. The lowest BCUT2D eigenvalue weighted by molar-refractivity contribution is 0.0554. The molecule has 0 spiro atoms. The maximum Gasteiger partial charge on any atom is 0.350 e. The third-order valence-corrected chi connectivity index (χ3v) is 3.94. The van der Waals surface area contributed by atoms with E-state index in [1.165, 1.54) is 6.08 Å². The number of esters is 1. The van der Waals surface area contributed by atoms with E-state index in [4.69, 9.17) is 9.47 Å². The smallest absolute Gasteiger partial charge is 0.350 e. The minimum absolute atomic E-state index is 0.129. The molecule has 1 heterocycles. The Labute approximate surface area is 137 Å². The van der Waals surface area contributed by atoms with E-state index >= 15 is 0 Å². The van der Waals surface area contributed by atoms with E-state index in [0.717, 1.165) is 11.3 Å². The van der Waals surface area contributed by atoms with E-state index in [9.17, 15) is 9.59 Å². The Morgan fingerprint density at radius 3 is 2.65 bits per heavy atom. The van der Waals surface area contributed by atoms with Crippen LogP contribution >= 0.6 is 11.3 Å². The molecule has 1 amide bonds. The SMILES string of the molecule is C=CCOC(=O)c1sc(NC(=O)c2ccc(OC)cc2)nc1C. The molecule has 1 aromatic carbocycles. The standard InChI is InChI=1S/C16H16N2O4S/c1-4-9-22-15(20)13-10(2)17-16(23-13)18-14(19)11-5-7-12(21-3)8-6-11/h4-8H,1,9H2,2-3H3,(H,17,18,19). The van der Waals surface area contributed by atoms with Crippen molar-refractivity contribution in [2.45, 2.75) is 6.92 Å². The van der Waals surface area contributed by atoms with E-state index in [0.29, 0.717) is 27.0 Å². The van der Waals surface area contributed by atoms with Gasteiger partial charge in [0.1, 0.15) is 17.2 Å². The predicted octanol–water partition coefficient (Wildman–Crippen LogP) is 3.06. The minimum Gasteiger partial charge on any atom is -0.497 e. The van der Waals surface area contributed by atoms with Crippen molar-refractivity contribution >= 4 is 28.3 Å². The van der Waals surface area contributed by atoms with Gasteiger partial charge < -0.3 is 9.47 Å². The molecule has 23 heavy (non-hydrogen) atoms. The normalized spacial score (nSPS) is 10.0. The first-order chi connectivity index (χ1) is 11.0. The average molecular weight is 332 g/mol. The predicted molar refractivity (Wildman–Crippen MR) is 88.3 cm³/mol. The fourth-order valence-corrected chi connectivity index (χ4v) is 2.61. The quantitative estimate of drug-likeness (QED) is 0.650. The second-order valence-electron chi connectivity index (χ2n) is 4.50. The lowest BCUT2D eigenvalue weighted by Crippen LogP contribution is -2.11. The number of hydrogen-bond acceptors (Lipinski definition) is 6. The van der Waals surface area contributed by atoms with Crippen LogP contribution in [0.1, 0.15) is 25.7 Å². The summed E-state index contributed by atoms with van der Waals surface area (Å²) in [6.45, 7) is 5.30. The molecule has 6 nitrogen and oxygen atoms in total. The van der Waals surface area contributed by atoms with Gasteiger partial charge in [0.2, 0.25) is 0 Å². The number of anilines is 1. The molecule has 1 N–H and O–H groups in total. The molecule has 0 bridgehead atoms. The number of thiazole rings is 1.